The summed E-state index contributed by atoms with van der Waals surface area (Å²) < 4.78 is 30.7. The Morgan fingerprint density at radius 3 is 2.52 bits per heavy atom. The van der Waals surface area contributed by atoms with Gasteiger partial charge in [0.1, 0.15) is 5.82 Å². The largest absolute Gasteiger partial charge is 0.349 e. The highest BCUT2D eigenvalue weighted by Crippen LogP contribution is 2.33. The number of aromatic nitrogens is 2. The van der Waals surface area contributed by atoms with Gasteiger partial charge >= 0.3 is 0 Å². The number of imidazole rings is 1. The Hall–Kier alpha value is -2.38. The van der Waals surface area contributed by atoms with Crippen molar-refractivity contribution in [3.63, 3.8) is 0 Å². The minimum Gasteiger partial charge on any atom is -0.349 e. The van der Waals surface area contributed by atoms with E-state index < -0.39 is 17.5 Å². The van der Waals surface area contributed by atoms with Crippen LogP contribution in [0, 0.1) is 17.6 Å². The molecule has 9 heteroatoms. The van der Waals surface area contributed by atoms with Crippen LogP contribution in [0.4, 0.5) is 20.4 Å². The Labute approximate surface area is 188 Å². The summed E-state index contributed by atoms with van der Waals surface area (Å²) in [6, 6.07) is 5.53. The highest BCUT2D eigenvalue weighted by molar-refractivity contribution is 6.35. The first-order valence-electron chi connectivity index (χ1n) is 10.1. The fourth-order valence-corrected chi connectivity index (χ4v) is 4.27. The summed E-state index contributed by atoms with van der Waals surface area (Å²) in [5, 5.41) is 5.78. The van der Waals surface area contributed by atoms with Gasteiger partial charge in [0, 0.05) is 19.2 Å². The highest BCUT2D eigenvalue weighted by atomic mass is 35.5. The van der Waals surface area contributed by atoms with Crippen LogP contribution in [0.15, 0.2) is 24.3 Å². The van der Waals surface area contributed by atoms with E-state index in [0.717, 1.165) is 25.7 Å². The maximum atomic E-state index is 14.8. The standard InChI is InChI=1S/C22H22Cl2F2N4O/c1-11-3-5-12(6-4-11)27-21(31)13-9-17-18(10-16(13)25)30(2)22(28-17)29-20-15(24)8-7-14(23)19(20)26/h7-12H,3-6H2,1-2H3,(H,27,31)(H,28,29). The number of nitrogens with one attached hydrogen (secondary N) is 2. The molecular weight excluding hydrogens is 445 g/mol. The molecule has 0 atom stereocenters. The molecule has 0 spiro atoms. The number of amides is 1. The molecule has 1 saturated carbocycles. The van der Waals surface area contributed by atoms with E-state index in [1.807, 2.05) is 0 Å². The summed E-state index contributed by atoms with van der Waals surface area (Å²) in [6.45, 7) is 2.20. The molecule has 1 amide bonds. The average Bonchev–Trinajstić information content (AvgIpc) is 3.04. The maximum Gasteiger partial charge on any atom is 0.254 e. The first-order valence-corrected chi connectivity index (χ1v) is 10.9. The van der Waals surface area contributed by atoms with Crippen molar-refractivity contribution < 1.29 is 13.6 Å². The van der Waals surface area contributed by atoms with Crippen LogP contribution < -0.4 is 10.6 Å². The third kappa shape index (κ3) is 4.34. The lowest BCUT2D eigenvalue weighted by Gasteiger charge is -2.26. The molecule has 4 rings (SSSR count). The SMILES string of the molecule is CC1CCC(NC(=O)c2cc3nc(Nc4c(Cl)ccc(Cl)c4F)n(C)c3cc2F)CC1. The van der Waals surface area contributed by atoms with E-state index in [0.29, 0.717) is 17.0 Å². The van der Waals surface area contributed by atoms with E-state index in [1.165, 1.54) is 24.3 Å². The zero-order chi connectivity index (χ0) is 22.3. The molecule has 2 N–H and O–H groups in total. The van der Waals surface area contributed by atoms with E-state index in [2.05, 4.69) is 22.5 Å². The third-order valence-corrected chi connectivity index (χ3v) is 6.45. The van der Waals surface area contributed by atoms with Crippen molar-refractivity contribution >= 4 is 51.8 Å². The summed E-state index contributed by atoms with van der Waals surface area (Å²) in [6.07, 6.45) is 3.87. The zero-order valence-corrected chi connectivity index (χ0v) is 18.6. The van der Waals surface area contributed by atoms with Gasteiger partial charge in [-0.3, -0.25) is 4.79 Å². The number of nitrogens with zero attached hydrogens (tertiary/aromatic N) is 2. The van der Waals surface area contributed by atoms with Crippen LogP contribution in [-0.2, 0) is 7.05 Å². The van der Waals surface area contributed by atoms with Crippen molar-refractivity contribution in [2.45, 2.75) is 38.6 Å². The average molecular weight is 467 g/mol. The normalized spacial score (nSPS) is 18.9. The summed E-state index contributed by atoms with van der Waals surface area (Å²) in [7, 11) is 1.65. The lowest BCUT2D eigenvalue weighted by atomic mass is 9.87. The first kappa shape index (κ1) is 21.8. The molecule has 0 aliphatic heterocycles. The summed E-state index contributed by atoms with van der Waals surface area (Å²) in [4.78, 5) is 17.1. The fourth-order valence-electron chi connectivity index (χ4n) is 3.92. The van der Waals surface area contributed by atoms with E-state index in [4.69, 9.17) is 23.2 Å². The fraction of sp³-hybridized carbons (Fsp3) is 0.364. The van der Waals surface area contributed by atoms with Gasteiger partial charge in [0.2, 0.25) is 5.95 Å². The molecule has 1 aliphatic rings. The van der Waals surface area contributed by atoms with Gasteiger partial charge in [-0.1, -0.05) is 30.1 Å². The smallest absolute Gasteiger partial charge is 0.254 e. The Kier molecular flexibility index (Phi) is 6.08. The number of hydrogen-bond donors (Lipinski definition) is 2. The van der Waals surface area contributed by atoms with Crippen molar-refractivity contribution in [2.24, 2.45) is 13.0 Å². The second-order valence-electron chi connectivity index (χ2n) is 8.09. The molecule has 1 aromatic heterocycles. The summed E-state index contributed by atoms with van der Waals surface area (Å²) in [5.74, 6) is -0.928. The minimum atomic E-state index is -0.714. The third-order valence-electron chi connectivity index (χ3n) is 5.85. The van der Waals surface area contributed by atoms with Gasteiger partial charge in [-0.25, -0.2) is 13.8 Å². The van der Waals surface area contributed by atoms with Crippen LogP contribution in [-0.4, -0.2) is 21.5 Å². The number of halogens is 4. The van der Waals surface area contributed by atoms with Crippen molar-refractivity contribution in [3.05, 3.63) is 51.5 Å². The lowest BCUT2D eigenvalue weighted by molar-refractivity contribution is 0.0919. The predicted octanol–water partition coefficient (Wildman–Crippen LogP) is 6.21. The Bertz CT molecular complexity index is 1160. The van der Waals surface area contributed by atoms with Crippen LogP contribution in [0.2, 0.25) is 10.0 Å². The van der Waals surface area contributed by atoms with Crippen LogP contribution in [0.3, 0.4) is 0 Å². The van der Waals surface area contributed by atoms with Crippen LogP contribution >= 0.6 is 23.2 Å². The molecule has 0 bridgehead atoms. The number of anilines is 2. The van der Waals surface area contributed by atoms with Gasteiger partial charge in [0.05, 0.1) is 32.3 Å². The van der Waals surface area contributed by atoms with Gasteiger partial charge in [-0.05, 0) is 49.8 Å². The van der Waals surface area contributed by atoms with Crippen molar-refractivity contribution in [1.82, 2.24) is 14.9 Å². The minimum absolute atomic E-state index is 0.0301. The van der Waals surface area contributed by atoms with Gasteiger partial charge in [0.15, 0.2) is 5.82 Å². The van der Waals surface area contributed by atoms with Crippen LogP contribution in [0.5, 0.6) is 0 Å². The van der Waals surface area contributed by atoms with E-state index in [9.17, 15) is 13.6 Å². The highest BCUT2D eigenvalue weighted by Gasteiger charge is 2.23. The zero-order valence-electron chi connectivity index (χ0n) is 17.1. The van der Waals surface area contributed by atoms with Gasteiger partial charge < -0.3 is 15.2 Å². The van der Waals surface area contributed by atoms with Crippen molar-refractivity contribution in [3.8, 4) is 0 Å². The van der Waals surface area contributed by atoms with Gasteiger partial charge in [0.25, 0.3) is 5.91 Å². The van der Waals surface area contributed by atoms with Crippen LogP contribution in [0.25, 0.3) is 11.0 Å². The monoisotopic (exact) mass is 466 g/mol. The Morgan fingerprint density at radius 1 is 1.13 bits per heavy atom. The number of rotatable bonds is 4. The van der Waals surface area contributed by atoms with E-state index in [1.54, 1.807) is 11.6 Å². The Balaban J connectivity index is 1.62. The molecule has 0 unspecified atom stereocenters. The summed E-state index contributed by atoms with van der Waals surface area (Å²) in [5.41, 5.74) is 0.745. The van der Waals surface area contributed by atoms with Crippen molar-refractivity contribution in [1.29, 1.82) is 0 Å². The topological polar surface area (TPSA) is 59.0 Å². The quantitative estimate of drug-likeness (QED) is 0.449. The molecule has 1 heterocycles. The van der Waals surface area contributed by atoms with Crippen LogP contribution in [0.1, 0.15) is 43.0 Å². The van der Waals surface area contributed by atoms with Gasteiger partial charge in [-0.15, -0.1) is 0 Å². The number of benzene rings is 2. The molecule has 2 aromatic carbocycles. The predicted molar refractivity (Wildman–Crippen MR) is 119 cm³/mol. The molecule has 31 heavy (non-hydrogen) atoms. The molecule has 0 radical (unpaired) electrons. The molecule has 164 valence electrons. The maximum absolute atomic E-state index is 14.8. The Morgan fingerprint density at radius 2 is 1.81 bits per heavy atom. The van der Waals surface area contributed by atoms with E-state index in [-0.39, 0.29) is 33.3 Å². The number of carbonyl (C=O) groups is 1. The second-order valence-corrected chi connectivity index (χ2v) is 8.90. The molecule has 1 aliphatic carbocycles. The number of fused-ring (bicyclic) bond motifs is 1. The number of hydrogen-bond acceptors (Lipinski definition) is 3. The number of aryl methyl sites for hydroxylation is 1. The van der Waals surface area contributed by atoms with Crippen molar-refractivity contribution in [2.75, 3.05) is 5.32 Å². The number of carbonyl (C=O) groups excluding carboxylic acids is 1. The molecule has 5 nitrogen and oxygen atoms in total. The first-order chi connectivity index (χ1) is 14.7. The molecule has 1 fully saturated rings. The lowest BCUT2D eigenvalue weighted by Crippen LogP contribution is -2.37. The molecule has 0 saturated heterocycles. The van der Waals surface area contributed by atoms with Gasteiger partial charge in [-0.2, -0.15) is 0 Å². The second kappa shape index (κ2) is 8.63. The molecule has 3 aromatic rings. The summed E-state index contributed by atoms with van der Waals surface area (Å²) >= 11 is 11.9. The molecular formula is C22H22Cl2F2N4O. The van der Waals surface area contributed by atoms with E-state index >= 15 is 0 Å².